The minimum atomic E-state index is -0.0319. The van der Waals surface area contributed by atoms with Gasteiger partial charge in [-0.3, -0.25) is 14.7 Å². The van der Waals surface area contributed by atoms with Crippen molar-refractivity contribution in [3.05, 3.63) is 48.2 Å². The van der Waals surface area contributed by atoms with Crippen LogP contribution in [0.15, 0.2) is 36.7 Å². The molecule has 0 saturated carbocycles. The van der Waals surface area contributed by atoms with E-state index in [0.717, 1.165) is 29.6 Å². The number of carbonyl (C=O) groups excluding carboxylic acids is 2. The van der Waals surface area contributed by atoms with Crippen LogP contribution < -0.4 is 5.32 Å². The molecule has 1 saturated heterocycles. The molecule has 8 nitrogen and oxygen atoms in total. The summed E-state index contributed by atoms with van der Waals surface area (Å²) in [5, 5.41) is 11.0. The molecular formula is C20H24N6O2. The Hall–Kier alpha value is -3.16. The predicted molar refractivity (Wildman–Crippen MR) is 105 cm³/mol. The smallest absolute Gasteiger partial charge is 0.274 e. The van der Waals surface area contributed by atoms with Crippen LogP contribution in [0.25, 0.3) is 10.9 Å². The summed E-state index contributed by atoms with van der Waals surface area (Å²) in [7, 11) is 0. The number of piperidine rings is 1. The topological polar surface area (TPSA) is 95.9 Å². The van der Waals surface area contributed by atoms with Crippen LogP contribution in [0.4, 0.5) is 0 Å². The molecule has 3 heterocycles. The molecule has 0 aliphatic carbocycles. The summed E-state index contributed by atoms with van der Waals surface area (Å²) in [6, 6.07) is 7.66. The van der Waals surface area contributed by atoms with Crippen molar-refractivity contribution < 1.29 is 9.59 Å². The molecule has 0 atom stereocenters. The van der Waals surface area contributed by atoms with Gasteiger partial charge in [0.15, 0.2) is 5.69 Å². The molecule has 2 N–H and O–H groups in total. The molecule has 1 fully saturated rings. The van der Waals surface area contributed by atoms with Crippen molar-refractivity contribution in [3.63, 3.8) is 0 Å². The Labute approximate surface area is 162 Å². The van der Waals surface area contributed by atoms with Gasteiger partial charge in [-0.25, -0.2) is 4.98 Å². The molecule has 146 valence electrons. The highest BCUT2D eigenvalue weighted by molar-refractivity contribution is 6.04. The van der Waals surface area contributed by atoms with Gasteiger partial charge >= 0.3 is 0 Å². The second kappa shape index (κ2) is 7.84. The van der Waals surface area contributed by atoms with E-state index in [4.69, 9.17) is 0 Å². The molecule has 2 aromatic heterocycles. The number of aromatic nitrogens is 4. The van der Waals surface area contributed by atoms with Crippen molar-refractivity contribution in [2.24, 2.45) is 5.92 Å². The lowest BCUT2D eigenvalue weighted by Crippen LogP contribution is -2.42. The number of imidazole rings is 1. The first-order chi connectivity index (χ1) is 13.6. The van der Waals surface area contributed by atoms with Crippen LogP contribution in [0.3, 0.4) is 0 Å². The largest absolute Gasteiger partial charge is 0.354 e. The van der Waals surface area contributed by atoms with Crippen LogP contribution in [-0.2, 0) is 11.3 Å². The molecule has 4 rings (SSSR count). The van der Waals surface area contributed by atoms with E-state index in [1.807, 2.05) is 40.7 Å². The summed E-state index contributed by atoms with van der Waals surface area (Å²) >= 11 is 0. The summed E-state index contributed by atoms with van der Waals surface area (Å²) in [4.78, 5) is 30.9. The number of likely N-dealkylation sites (tertiary alicyclic amines) is 1. The number of fused-ring (bicyclic) bond motifs is 1. The van der Waals surface area contributed by atoms with Crippen LogP contribution in [0, 0.1) is 12.8 Å². The lowest BCUT2D eigenvalue weighted by molar-refractivity contribution is -0.121. The number of aryl methyl sites for hydroxylation is 1. The Morgan fingerprint density at radius 3 is 2.79 bits per heavy atom. The number of rotatable bonds is 5. The third kappa shape index (κ3) is 3.76. The Balaban J connectivity index is 1.27. The number of para-hydroxylation sites is 1. The lowest BCUT2D eigenvalue weighted by Gasteiger charge is -2.31. The highest BCUT2D eigenvalue weighted by Gasteiger charge is 2.26. The summed E-state index contributed by atoms with van der Waals surface area (Å²) < 4.78 is 1.82. The number of hydrogen-bond donors (Lipinski definition) is 2. The molecule has 3 aromatic rings. The molecule has 8 heteroatoms. The van der Waals surface area contributed by atoms with Gasteiger partial charge < -0.3 is 14.8 Å². The van der Waals surface area contributed by atoms with E-state index in [0.29, 0.717) is 31.2 Å². The highest BCUT2D eigenvalue weighted by Crippen LogP contribution is 2.21. The quantitative estimate of drug-likeness (QED) is 0.705. The maximum atomic E-state index is 12.8. The molecule has 1 aromatic carbocycles. The number of hydrogen-bond acceptors (Lipinski definition) is 4. The number of nitrogens with one attached hydrogen (secondary N) is 2. The Morgan fingerprint density at radius 1 is 1.25 bits per heavy atom. The Kier molecular flexibility index (Phi) is 5.10. The minimum absolute atomic E-state index is 0.0115. The molecule has 0 spiro atoms. The molecule has 28 heavy (non-hydrogen) atoms. The average Bonchev–Trinajstić information content (AvgIpc) is 3.32. The number of benzene rings is 1. The third-order valence-corrected chi connectivity index (χ3v) is 5.40. The summed E-state index contributed by atoms with van der Waals surface area (Å²) in [6.07, 6.45) is 5.24. The second-order valence-corrected chi connectivity index (χ2v) is 7.26. The van der Waals surface area contributed by atoms with Gasteiger partial charge in [-0.2, -0.15) is 5.10 Å². The van der Waals surface area contributed by atoms with Crippen LogP contribution in [0.5, 0.6) is 0 Å². The van der Waals surface area contributed by atoms with Gasteiger partial charge in [0, 0.05) is 37.4 Å². The standard InChI is InChI=1S/C20H24N6O2/c1-14-21-8-11-26(14)13-18(27)22-12-15-6-9-25(10-7-15)20(28)19-16-4-2-3-5-17(16)23-24-19/h2-5,8,11,15H,6-7,9-10,12-13H2,1H3,(H,22,27)(H,23,24). The summed E-state index contributed by atoms with van der Waals surface area (Å²) in [5.41, 5.74) is 1.36. The van der Waals surface area contributed by atoms with Gasteiger partial charge in [-0.05, 0) is 31.7 Å². The fourth-order valence-electron chi connectivity index (χ4n) is 3.66. The second-order valence-electron chi connectivity index (χ2n) is 7.26. The first kappa shape index (κ1) is 18.2. The van der Waals surface area contributed by atoms with Crippen LogP contribution in [0.2, 0.25) is 0 Å². The maximum Gasteiger partial charge on any atom is 0.274 e. The van der Waals surface area contributed by atoms with E-state index < -0.39 is 0 Å². The van der Waals surface area contributed by atoms with Gasteiger partial charge in [0.1, 0.15) is 12.4 Å². The van der Waals surface area contributed by atoms with Crippen molar-refractivity contribution in [2.45, 2.75) is 26.3 Å². The molecule has 0 unspecified atom stereocenters. The van der Waals surface area contributed by atoms with Gasteiger partial charge in [-0.1, -0.05) is 18.2 Å². The zero-order valence-electron chi connectivity index (χ0n) is 15.9. The summed E-state index contributed by atoms with van der Waals surface area (Å²) in [5.74, 6) is 1.17. The van der Waals surface area contributed by atoms with Crippen molar-refractivity contribution in [1.29, 1.82) is 0 Å². The third-order valence-electron chi connectivity index (χ3n) is 5.40. The first-order valence-electron chi connectivity index (χ1n) is 9.58. The van der Waals surface area contributed by atoms with Crippen LogP contribution in [-0.4, -0.2) is 56.1 Å². The Bertz CT molecular complexity index is 983. The molecule has 0 bridgehead atoms. The van der Waals surface area contributed by atoms with Crippen molar-refractivity contribution in [1.82, 2.24) is 30.0 Å². The van der Waals surface area contributed by atoms with E-state index in [2.05, 4.69) is 20.5 Å². The number of aromatic amines is 1. The predicted octanol–water partition coefficient (Wildman–Crippen LogP) is 1.74. The summed E-state index contributed by atoms with van der Waals surface area (Å²) in [6.45, 7) is 4.17. The van der Waals surface area contributed by atoms with Crippen LogP contribution in [0.1, 0.15) is 29.2 Å². The van der Waals surface area contributed by atoms with E-state index in [1.165, 1.54) is 0 Å². The first-order valence-corrected chi connectivity index (χ1v) is 9.58. The number of carbonyl (C=O) groups is 2. The number of nitrogens with zero attached hydrogens (tertiary/aromatic N) is 4. The van der Waals surface area contributed by atoms with Gasteiger partial charge in [-0.15, -0.1) is 0 Å². The SMILES string of the molecule is Cc1nccn1CC(=O)NCC1CCN(C(=O)c2n[nH]c3ccccc23)CC1. The Morgan fingerprint density at radius 2 is 2.04 bits per heavy atom. The average molecular weight is 380 g/mol. The zero-order chi connectivity index (χ0) is 19.5. The van der Waals surface area contributed by atoms with Crippen molar-refractivity contribution in [2.75, 3.05) is 19.6 Å². The minimum Gasteiger partial charge on any atom is -0.354 e. The zero-order valence-corrected chi connectivity index (χ0v) is 15.9. The van der Waals surface area contributed by atoms with E-state index in [1.54, 1.807) is 12.4 Å². The van der Waals surface area contributed by atoms with Gasteiger partial charge in [0.25, 0.3) is 5.91 Å². The van der Waals surface area contributed by atoms with E-state index in [9.17, 15) is 9.59 Å². The monoisotopic (exact) mass is 380 g/mol. The fourth-order valence-corrected chi connectivity index (χ4v) is 3.66. The number of amides is 2. The molecule has 1 aliphatic heterocycles. The molecular weight excluding hydrogens is 356 g/mol. The molecule has 1 aliphatic rings. The van der Waals surface area contributed by atoms with Crippen molar-refractivity contribution >= 4 is 22.7 Å². The van der Waals surface area contributed by atoms with Crippen molar-refractivity contribution in [3.8, 4) is 0 Å². The van der Waals surface area contributed by atoms with E-state index >= 15 is 0 Å². The number of H-pyrrole nitrogens is 1. The van der Waals surface area contributed by atoms with Gasteiger partial charge in [0.05, 0.1) is 5.52 Å². The maximum absolute atomic E-state index is 12.8. The molecule has 0 radical (unpaired) electrons. The van der Waals surface area contributed by atoms with E-state index in [-0.39, 0.29) is 18.4 Å². The normalized spacial score (nSPS) is 15.1. The van der Waals surface area contributed by atoms with Gasteiger partial charge in [0.2, 0.25) is 5.91 Å². The fraction of sp³-hybridized carbons (Fsp3) is 0.400. The highest BCUT2D eigenvalue weighted by atomic mass is 16.2. The van der Waals surface area contributed by atoms with Crippen LogP contribution >= 0.6 is 0 Å². The molecule has 2 amide bonds. The lowest BCUT2D eigenvalue weighted by atomic mass is 9.96.